The van der Waals surface area contributed by atoms with Crippen LogP contribution in [0.1, 0.15) is 5.56 Å². The molecule has 23 heavy (non-hydrogen) atoms. The summed E-state index contributed by atoms with van der Waals surface area (Å²) in [5.74, 6) is -1.06. The summed E-state index contributed by atoms with van der Waals surface area (Å²) in [5, 5.41) is 19.4. The van der Waals surface area contributed by atoms with Crippen LogP contribution in [-0.4, -0.2) is 61.4 Å². The Labute approximate surface area is 175 Å². The Morgan fingerprint density at radius 1 is 1.22 bits per heavy atom. The molecule has 0 bridgehead atoms. The third kappa shape index (κ3) is 4.81. The topological polar surface area (TPSA) is 72.6 Å². The number of alkyl halides is 3. The zero-order valence-electron chi connectivity index (χ0n) is 10.6. The minimum atomic E-state index is -4.64. The first kappa shape index (κ1) is 20.2. The van der Waals surface area contributed by atoms with Crippen molar-refractivity contribution in [1.82, 2.24) is 0 Å². The van der Waals surface area contributed by atoms with Gasteiger partial charge in [-0.25, -0.2) is 0 Å². The van der Waals surface area contributed by atoms with Gasteiger partial charge in [0.2, 0.25) is 0 Å². The van der Waals surface area contributed by atoms with Gasteiger partial charge in [-0.1, -0.05) is 17.7 Å². The van der Waals surface area contributed by atoms with Gasteiger partial charge >= 0.3 is 63.2 Å². The van der Waals surface area contributed by atoms with E-state index in [1.54, 1.807) is 0 Å². The van der Waals surface area contributed by atoms with Crippen LogP contribution in [0.5, 0.6) is 17.2 Å². The second-order valence-electron chi connectivity index (χ2n) is 4.13. The molecule has 0 heterocycles. The van der Waals surface area contributed by atoms with E-state index < -0.39 is 33.1 Å². The van der Waals surface area contributed by atoms with E-state index >= 15 is 0 Å². The van der Waals surface area contributed by atoms with Gasteiger partial charge in [0, 0.05) is 12.1 Å². The molecule has 0 unspecified atom stereocenters. The van der Waals surface area contributed by atoms with E-state index in [1.807, 2.05) is 0 Å². The third-order valence-electron chi connectivity index (χ3n) is 2.64. The molecular weight excluding hydrogens is 366 g/mol. The summed E-state index contributed by atoms with van der Waals surface area (Å²) in [6.07, 6.45) is -4.64. The van der Waals surface area contributed by atoms with Gasteiger partial charge in [-0.05, 0) is 18.2 Å². The normalized spacial score (nSPS) is 10.8. The average Bonchev–Trinajstić information content (AvgIpc) is 2.39. The predicted octanol–water partition coefficient (Wildman–Crippen LogP) is 4.12. The van der Waals surface area contributed by atoms with Crippen molar-refractivity contribution in [2.45, 2.75) is 6.18 Å². The van der Waals surface area contributed by atoms with E-state index in [2.05, 4.69) is 0 Å². The molecule has 0 saturated carbocycles. The fourth-order valence-corrected chi connectivity index (χ4v) is 1.93. The van der Waals surface area contributed by atoms with Crippen LogP contribution in [-0.2, 0) is 6.18 Å². The standard InChI is InChI=1S/C13H7ClF3NO4.K.H/c14-12-8(13(15,16)17)2-1-3-11(12)22-7-4-5-9(18(20)21)10(19)6-7;;/h1-6,19H;;. The number of ether oxygens (including phenoxy) is 1. The Kier molecular flexibility index (Phi) is 6.87. The molecule has 10 heteroatoms. The molecule has 0 fully saturated rings. The van der Waals surface area contributed by atoms with Crippen LogP contribution in [0.25, 0.3) is 0 Å². The van der Waals surface area contributed by atoms with Gasteiger partial charge in [0.15, 0.2) is 5.75 Å². The van der Waals surface area contributed by atoms with Crippen molar-refractivity contribution >= 4 is 68.7 Å². The van der Waals surface area contributed by atoms with E-state index in [0.29, 0.717) is 0 Å². The summed E-state index contributed by atoms with van der Waals surface area (Å²) in [7, 11) is 0. The van der Waals surface area contributed by atoms with Crippen LogP contribution in [0.4, 0.5) is 18.9 Å². The van der Waals surface area contributed by atoms with Gasteiger partial charge in [0.25, 0.3) is 0 Å². The number of nitro benzene ring substituents is 1. The number of phenolic OH excluding ortho intramolecular Hbond substituents is 1. The summed E-state index contributed by atoms with van der Waals surface area (Å²) in [5.41, 5.74) is -1.62. The molecule has 0 aromatic heterocycles. The second kappa shape index (κ2) is 7.82. The summed E-state index contributed by atoms with van der Waals surface area (Å²) in [6.45, 7) is 0. The molecule has 0 radical (unpaired) electrons. The van der Waals surface area contributed by atoms with Gasteiger partial charge in [0.1, 0.15) is 11.5 Å². The molecule has 2 aromatic rings. The van der Waals surface area contributed by atoms with Crippen molar-refractivity contribution in [2.24, 2.45) is 0 Å². The van der Waals surface area contributed by atoms with Gasteiger partial charge in [-0.2, -0.15) is 13.2 Å². The summed E-state index contributed by atoms with van der Waals surface area (Å²) in [4.78, 5) is 9.75. The van der Waals surface area contributed by atoms with E-state index in [-0.39, 0.29) is 62.9 Å². The number of nitro groups is 1. The van der Waals surface area contributed by atoms with Crippen LogP contribution in [0.3, 0.4) is 0 Å². The number of halogens is 4. The van der Waals surface area contributed by atoms with Crippen molar-refractivity contribution in [3.05, 3.63) is 57.1 Å². The monoisotopic (exact) mass is 373 g/mol. The number of hydrogen-bond donors (Lipinski definition) is 1. The Bertz CT molecular complexity index is 740. The van der Waals surface area contributed by atoms with Crippen LogP contribution in [0.2, 0.25) is 5.02 Å². The quantitative estimate of drug-likeness (QED) is 0.499. The van der Waals surface area contributed by atoms with E-state index in [1.165, 1.54) is 6.07 Å². The molecule has 2 aromatic carbocycles. The molecule has 0 atom stereocenters. The van der Waals surface area contributed by atoms with Crippen molar-refractivity contribution in [2.75, 3.05) is 0 Å². The van der Waals surface area contributed by atoms with Gasteiger partial charge in [-0.15, -0.1) is 0 Å². The molecule has 0 saturated heterocycles. The molecule has 0 amide bonds. The average molecular weight is 374 g/mol. The van der Waals surface area contributed by atoms with Gasteiger partial charge in [-0.3, -0.25) is 10.1 Å². The molecule has 0 aliphatic rings. The van der Waals surface area contributed by atoms with E-state index in [0.717, 1.165) is 30.3 Å². The zero-order valence-corrected chi connectivity index (χ0v) is 11.4. The van der Waals surface area contributed by atoms with Gasteiger partial charge in [0.05, 0.1) is 15.5 Å². The molecule has 0 aliphatic heterocycles. The maximum atomic E-state index is 12.7. The summed E-state index contributed by atoms with van der Waals surface area (Å²) >= 11 is 5.65. The van der Waals surface area contributed by atoms with E-state index in [9.17, 15) is 28.4 Å². The molecule has 0 spiro atoms. The molecule has 0 aliphatic carbocycles. The molecule has 1 N–H and O–H groups in total. The Morgan fingerprint density at radius 2 is 1.87 bits per heavy atom. The first-order valence-corrected chi connectivity index (χ1v) is 6.09. The van der Waals surface area contributed by atoms with Crippen molar-refractivity contribution in [1.29, 1.82) is 0 Å². The first-order valence-electron chi connectivity index (χ1n) is 5.71. The second-order valence-corrected chi connectivity index (χ2v) is 4.50. The minimum absolute atomic E-state index is 0. The van der Waals surface area contributed by atoms with Crippen molar-refractivity contribution in [3.8, 4) is 17.2 Å². The SMILES string of the molecule is O=[N+]([O-])c1ccc(Oc2cccc(C(F)(F)F)c2Cl)cc1O.[KH]. The first-order chi connectivity index (χ1) is 10.2. The van der Waals surface area contributed by atoms with E-state index in [4.69, 9.17) is 16.3 Å². The fraction of sp³-hybridized carbons (Fsp3) is 0.0769. The van der Waals surface area contributed by atoms with Gasteiger partial charge < -0.3 is 9.84 Å². The number of nitrogens with zero attached hydrogens (tertiary/aromatic N) is 1. The summed E-state index contributed by atoms with van der Waals surface area (Å²) in [6, 6.07) is 6.11. The van der Waals surface area contributed by atoms with Crippen LogP contribution in [0.15, 0.2) is 36.4 Å². The Balaban J connectivity index is 0.00000264. The number of aromatic hydroxyl groups is 1. The number of benzene rings is 2. The number of phenols is 1. The van der Waals surface area contributed by atoms with Crippen LogP contribution >= 0.6 is 11.6 Å². The molecule has 2 rings (SSSR count). The number of hydrogen-bond acceptors (Lipinski definition) is 4. The zero-order chi connectivity index (χ0) is 16.5. The number of rotatable bonds is 3. The van der Waals surface area contributed by atoms with Crippen LogP contribution < -0.4 is 4.74 Å². The Morgan fingerprint density at radius 3 is 2.39 bits per heavy atom. The van der Waals surface area contributed by atoms with Crippen LogP contribution in [0, 0.1) is 10.1 Å². The maximum absolute atomic E-state index is 12.7. The van der Waals surface area contributed by atoms with Crippen molar-refractivity contribution < 1.29 is 27.9 Å². The fourth-order valence-electron chi connectivity index (χ4n) is 1.66. The third-order valence-corrected chi connectivity index (χ3v) is 3.03. The molecule has 5 nitrogen and oxygen atoms in total. The van der Waals surface area contributed by atoms with Crippen molar-refractivity contribution in [3.63, 3.8) is 0 Å². The predicted molar refractivity (Wildman–Crippen MR) is 78.4 cm³/mol. The molecule has 118 valence electrons. The molecular formula is C13H8ClF3KNO4. The summed E-state index contributed by atoms with van der Waals surface area (Å²) < 4.78 is 43.3. The Hall–Kier alpha value is -0.844.